The molecule has 1 atom stereocenters. The van der Waals surface area contributed by atoms with Crippen molar-refractivity contribution < 1.29 is 33.6 Å². The number of hydrogen-bond acceptors (Lipinski definition) is 11. The standard InChI is InChI=1S/C36H37N3O7S2/c1-5-43-28-18-24(10-12-26(28)44-15-14-21(2)3)31-30(32(40)25-11-13-27-29(19-25)46-17-16-45-27)33(41)34(42)39(31)35-37-38-36(48-35)47-20-23-8-6-22(4)7-9-23/h6-13,18-19,21,31,40H,5,14-17,20H2,1-4H3/t31-/m0/s1. The van der Waals surface area contributed by atoms with Gasteiger partial charge in [0.2, 0.25) is 5.13 Å². The Morgan fingerprint density at radius 2 is 1.77 bits per heavy atom. The van der Waals surface area contributed by atoms with Gasteiger partial charge in [-0.15, -0.1) is 10.2 Å². The summed E-state index contributed by atoms with van der Waals surface area (Å²) in [4.78, 5) is 29.0. The SMILES string of the molecule is CCOc1cc([C@H]2C(=C(O)c3ccc4c(c3)OCCO4)C(=O)C(=O)N2c2nnc(SCc3ccc(C)cc3)s2)ccc1OCCC(C)C. The van der Waals surface area contributed by atoms with Gasteiger partial charge in [-0.3, -0.25) is 14.5 Å². The summed E-state index contributed by atoms with van der Waals surface area (Å²) in [7, 11) is 0. The predicted octanol–water partition coefficient (Wildman–Crippen LogP) is 7.36. The van der Waals surface area contributed by atoms with Crippen molar-refractivity contribution in [1.82, 2.24) is 10.2 Å². The number of ether oxygens (including phenoxy) is 4. The molecule has 0 unspecified atom stereocenters. The number of hydrogen-bond donors (Lipinski definition) is 1. The molecule has 4 aromatic rings. The summed E-state index contributed by atoms with van der Waals surface area (Å²) in [5, 5.41) is 20.7. The molecule has 1 amide bonds. The number of rotatable bonds is 12. The fourth-order valence-electron chi connectivity index (χ4n) is 5.37. The number of amides is 1. The number of aliphatic hydroxyl groups is 1. The highest BCUT2D eigenvalue weighted by Gasteiger charge is 2.48. The monoisotopic (exact) mass is 687 g/mol. The van der Waals surface area contributed by atoms with Crippen LogP contribution in [0.25, 0.3) is 5.76 Å². The minimum atomic E-state index is -1.02. The van der Waals surface area contributed by atoms with Crippen LogP contribution in [-0.4, -0.2) is 53.4 Å². The zero-order valence-corrected chi connectivity index (χ0v) is 28.9. The highest BCUT2D eigenvalue weighted by molar-refractivity contribution is 8.00. The molecule has 1 saturated heterocycles. The quantitative estimate of drug-likeness (QED) is 0.0532. The lowest BCUT2D eigenvalue weighted by Crippen LogP contribution is -2.29. The summed E-state index contributed by atoms with van der Waals surface area (Å²) in [5.41, 5.74) is 3.07. The van der Waals surface area contributed by atoms with Crippen LogP contribution in [0.3, 0.4) is 0 Å². The van der Waals surface area contributed by atoms with Gasteiger partial charge in [0.25, 0.3) is 5.78 Å². The molecule has 2 aliphatic heterocycles. The highest BCUT2D eigenvalue weighted by atomic mass is 32.2. The summed E-state index contributed by atoms with van der Waals surface area (Å²) in [6.07, 6.45) is 0.865. The Kier molecular flexibility index (Phi) is 10.2. The van der Waals surface area contributed by atoms with E-state index in [-0.39, 0.29) is 16.5 Å². The Morgan fingerprint density at radius 3 is 2.52 bits per heavy atom. The Balaban J connectivity index is 1.40. The van der Waals surface area contributed by atoms with Crippen LogP contribution in [0.15, 0.2) is 70.6 Å². The number of Topliss-reactive ketones (excluding diaryl/α,β-unsaturated/α-hetero) is 1. The fraction of sp³-hybridized carbons (Fsp3) is 0.333. The van der Waals surface area contributed by atoms with E-state index in [1.807, 2.05) is 13.8 Å². The Morgan fingerprint density at radius 1 is 1.00 bits per heavy atom. The van der Waals surface area contributed by atoms with Crippen molar-refractivity contribution >= 4 is 45.7 Å². The largest absolute Gasteiger partial charge is 0.507 e. The maximum absolute atomic E-state index is 13.8. The number of fused-ring (bicyclic) bond motifs is 1. The summed E-state index contributed by atoms with van der Waals surface area (Å²) >= 11 is 2.71. The number of benzene rings is 3. The van der Waals surface area contributed by atoms with Gasteiger partial charge in [-0.25, -0.2) is 0 Å². The van der Waals surface area contributed by atoms with E-state index in [2.05, 4.69) is 48.3 Å². The van der Waals surface area contributed by atoms with Gasteiger partial charge in [0.1, 0.15) is 19.0 Å². The first kappa shape index (κ1) is 33.4. The van der Waals surface area contributed by atoms with Crippen molar-refractivity contribution in [3.05, 3.63) is 88.5 Å². The number of aryl methyl sites for hydroxylation is 1. The first-order chi connectivity index (χ1) is 23.2. The summed E-state index contributed by atoms with van der Waals surface area (Å²) < 4.78 is 24.0. The van der Waals surface area contributed by atoms with Crippen LogP contribution in [-0.2, 0) is 15.3 Å². The molecule has 0 spiro atoms. The van der Waals surface area contributed by atoms with Crippen molar-refractivity contribution in [2.45, 2.75) is 50.3 Å². The Bertz CT molecular complexity index is 1840. The lowest BCUT2D eigenvalue weighted by molar-refractivity contribution is -0.132. The number of aliphatic hydroxyl groups excluding tert-OH is 1. The second-order valence-corrected chi connectivity index (χ2v) is 14.0. The zero-order valence-electron chi connectivity index (χ0n) is 27.2. The molecule has 48 heavy (non-hydrogen) atoms. The molecule has 0 aliphatic carbocycles. The first-order valence-electron chi connectivity index (χ1n) is 15.9. The van der Waals surface area contributed by atoms with Crippen LogP contribution < -0.4 is 23.8 Å². The molecule has 3 heterocycles. The van der Waals surface area contributed by atoms with E-state index in [1.165, 1.54) is 33.6 Å². The number of ketones is 1. The van der Waals surface area contributed by atoms with Crippen molar-refractivity contribution in [3.8, 4) is 23.0 Å². The van der Waals surface area contributed by atoms with Gasteiger partial charge in [0.15, 0.2) is 27.3 Å². The summed E-state index contributed by atoms with van der Waals surface area (Å²) in [6, 6.07) is 17.4. The number of aromatic nitrogens is 2. The van der Waals surface area contributed by atoms with Gasteiger partial charge >= 0.3 is 5.91 Å². The molecule has 2 aliphatic rings. The minimum absolute atomic E-state index is 0.0864. The van der Waals surface area contributed by atoms with Crippen LogP contribution in [0.4, 0.5) is 5.13 Å². The molecule has 0 bridgehead atoms. The predicted molar refractivity (Wildman–Crippen MR) is 185 cm³/mol. The molecule has 0 radical (unpaired) electrons. The Hall–Kier alpha value is -4.55. The molecule has 6 rings (SSSR count). The van der Waals surface area contributed by atoms with E-state index in [9.17, 15) is 14.7 Å². The van der Waals surface area contributed by atoms with Gasteiger partial charge in [0.05, 0.1) is 24.8 Å². The van der Waals surface area contributed by atoms with Gasteiger partial charge in [-0.05, 0) is 67.6 Å². The van der Waals surface area contributed by atoms with E-state index >= 15 is 0 Å². The van der Waals surface area contributed by atoms with Crippen molar-refractivity contribution in [2.75, 3.05) is 31.3 Å². The third-order valence-corrected chi connectivity index (χ3v) is 10.0. The molecule has 10 nitrogen and oxygen atoms in total. The van der Waals surface area contributed by atoms with Crippen LogP contribution in [0, 0.1) is 12.8 Å². The molecule has 0 saturated carbocycles. The zero-order chi connectivity index (χ0) is 33.8. The van der Waals surface area contributed by atoms with Gasteiger partial charge in [0, 0.05) is 11.3 Å². The van der Waals surface area contributed by atoms with Crippen LogP contribution in [0.2, 0.25) is 0 Å². The molecule has 12 heteroatoms. The topological polar surface area (TPSA) is 120 Å². The smallest absolute Gasteiger partial charge is 0.301 e. The second-order valence-electron chi connectivity index (χ2n) is 11.8. The maximum Gasteiger partial charge on any atom is 0.301 e. The highest BCUT2D eigenvalue weighted by Crippen LogP contribution is 2.46. The number of nitrogens with zero attached hydrogens (tertiary/aromatic N) is 3. The lowest BCUT2D eigenvalue weighted by Gasteiger charge is -2.24. The summed E-state index contributed by atoms with van der Waals surface area (Å²) in [5.74, 6) is 1.12. The third kappa shape index (κ3) is 7.14. The normalized spacial score (nSPS) is 16.9. The fourth-order valence-corrected chi connectivity index (χ4v) is 7.19. The average Bonchev–Trinajstić information content (AvgIpc) is 3.66. The van der Waals surface area contributed by atoms with E-state index in [4.69, 9.17) is 18.9 Å². The second kappa shape index (κ2) is 14.7. The first-order valence-corrected chi connectivity index (χ1v) is 17.7. The lowest BCUT2D eigenvalue weighted by atomic mass is 9.95. The molecule has 1 aromatic heterocycles. The van der Waals surface area contributed by atoms with E-state index in [1.54, 1.807) is 36.4 Å². The number of thioether (sulfide) groups is 1. The van der Waals surface area contributed by atoms with Gasteiger partial charge < -0.3 is 24.1 Å². The van der Waals surface area contributed by atoms with E-state index < -0.39 is 17.7 Å². The summed E-state index contributed by atoms with van der Waals surface area (Å²) in [6.45, 7) is 9.81. The Labute approximate surface area is 287 Å². The molecule has 250 valence electrons. The third-order valence-electron chi connectivity index (χ3n) is 7.88. The van der Waals surface area contributed by atoms with Gasteiger partial charge in [-0.2, -0.15) is 0 Å². The number of anilines is 1. The van der Waals surface area contributed by atoms with E-state index in [0.717, 1.165) is 12.0 Å². The van der Waals surface area contributed by atoms with E-state index in [0.29, 0.717) is 76.6 Å². The molecular weight excluding hydrogens is 651 g/mol. The average molecular weight is 688 g/mol. The minimum Gasteiger partial charge on any atom is -0.507 e. The molecular formula is C36H37N3O7S2. The van der Waals surface area contributed by atoms with Crippen molar-refractivity contribution in [3.63, 3.8) is 0 Å². The van der Waals surface area contributed by atoms with Gasteiger partial charge in [-0.1, -0.05) is 72.8 Å². The number of carbonyl (C=O) groups is 2. The van der Waals surface area contributed by atoms with Crippen LogP contribution >= 0.6 is 23.1 Å². The molecule has 1 N–H and O–H groups in total. The van der Waals surface area contributed by atoms with Crippen LogP contribution in [0.1, 0.15) is 55.5 Å². The van der Waals surface area contributed by atoms with Crippen LogP contribution in [0.5, 0.6) is 23.0 Å². The maximum atomic E-state index is 13.8. The molecule has 1 fully saturated rings. The molecule has 3 aromatic carbocycles. The van der Waals surface area contributed by atoms with Crippen molar-refractivity contribution in [2.24, 2.45) is 5.92 Å². The van der Waals surface area contributed by atoms with Crippen molar-refractivity contribution in [1.29, 1.82) is 0 Å². The number of carbonyl (C=O) groups excluding carboxylic acids is 2.